The molecule has 2 heterocycles. The zero-order chi connectivity index (χ0) is 13.8. The molecule has 0 fully saturated rings. The largest absolute Gasteiger partial charge is 0.305 e. The summed E-state index contributed by atoms with van der Waals surface area (Å²) in [6, 6.07) is 2.28. The quantitative estimate of drug-likeness (QED) is 0.787. The molecular formula is C12H16Br2N4S. The lowest BCUT2D eigenvalue weighted by Crippen LogP contribution is -2.24. The summed E-state index contributed by atoms with van der Waals surface area (Å²) in [5.41, 5.74) is 1.12. The molecule has 0 aliphatic carbocycles. The Kier molecular flexibility index (Phi) is 5.56. The van der Waals surface area contributed by atoms with Crippen molar-refractivity contribution in [3.05, 3.63) is 31.1 Å². The minimum absolute atomic E-state index is 0.138. The summed E-state index contributed by atoms with van der Waals surface area (Å²) in [7, 11) is 0. The van der Waals surface area contributed by atoms with Gasteiger partial charge in [0.1, 0.15) is 0 Å². The lowest BCUT2D eigenvalue weighted by molar-refractivity contribution is 0.514. The first-order valence-corrected chi connectivity index (χ1v) is 8.64. The first kappa shape index (κ1) is 15.2. The zero-order valence-electron chi connectivity index (χ0n) is 10.9. The Balaban J connectivity index is 2.36. The molecule has 0 aromatic carbocycles. The van der Waals surface area contributed by atoms with Crippen LogP contribution in [-0.2, 0) is 6.54 Å². The fourth-order valence-electron chi connectivity index (χ4n) is 1.94. The molecular weight excluding hydrogens is 392 g/mol. The molecule has 1 N–H and O–H groups in total. The molecule has 0 radical (unpaired) electrons. The summed E-state index contributed by atoms with van der Waals surface area (Å²) in [6.45, 7) is 6.05. The Morgan fingerprint density at radius 3 is 2.79 bits per heavy atom. The van der Waals surface area contributed by atoms with Gasteiger partial charge in [-0.3, -0.25) is 0 Å². The standard InChI is InChI=1S/C12H16Br2N4S/c1-3-5-18-9(7-16-17-18)11(15-4-2)10-6-8(13)12(14)19-10/h6-7,11,15H,3-5H2,1-2H3. The molecule has 0 aliphatic heterocycles. The number of aryl methyl sites for hydroxylation is 1. The molecule has 104 valence electrons. The molecule has 0 bridgehead atoms. The third-order valence-corrected chi connectivity index (χ3v) is 6.06. The van der Waals surface area contributed by atoms with E-state index >= 15 is 0 Å². The van der Waals surface area contributed by atoms with Crippen molar-refractivity contribution in [2.45, 2.75) is 32.9 Å². The van der Waals surface area contributed by atoms with E-state index in [2.05, 4.69) is 67.4 Å². The van der Waals surface area contributed by atoms with Gasteiger partial charge in [0.05, 0.1) is 21.7 Å². The fraction of sp³-hybridized carbons (Fsp3) is 0.500. The minimum atomic E-state index is 0.138. The topological polar surface area (TPSA) is 42.7 Å². The minimum Gasteiger partial charge on any atom is -0.305 e. The van der Waals surface area contributed by atoms with Gasteiger partial charge in [0, 0.05) is 15.9 Å². The SMILES string of the molecule is CCCn1nncc1C(NCC)c1cc(Br)c(Br)s1. The molecule has 7 heteroatoms. The van der Waals surface area contributed by atoms with E-state index in [-0.39, 0.29) is 6.04 Å². The molecule has 19 heavy (non-hydrogen) atoms. The van der Waals surface area contributed by atoms with Crippen LogP contribution in [0.3, 0.4) is 0 Å². The van der Waals surface area contributed by atoms with Gasteiger partial charge in [-0.1, -0.05) is 19.1 Å². The molecule has 1 unspecified atom stereocenters. The number of hydrogen-bond acceptors (Lipinski definition) is 4. The van der Waals surface area contributed by atoms with Crippen molar-refractivity contribution >= 4 is 43.2 Å². The van der Waals surface area contributed by atoms with Gasteiger partial charge in [0.25, 0.3) is 0 Å². The molecule has 4 nitrogen and oxygen atoms in total. The van der Waals surface area contributed by atoms with E-state index in [0.29, 0.717) is 0 Å². The number of halogens is 2. The van der Waals surface area contributed by atoms with Crippen molar-refractivity contribution in [1.29, 1.82) is 0 Å². The normalized spacial score (nSPS) is 12.8. The van der Waals surface area contributed by atoms with Crippen LogP contribution in [0.25, 0.3) is 0 Å². The highest BCUT2D eigenvalue weighted by Gasteiger charge is 2.21. The van der Waals surface area contributed by atoms with Crippen molar-refractivity contribution < 1.29 is 0 Å². The number of hydrogen-bond donors (Lipinski definition) is 1. The highest BCUT2D eigenvalue weighted by molar-refractivity contribution is 9.13. The maximum Gasteiger partial charge on any atom is 0.0859 e. The highest BCUT2D eigenvalue weighted by Crippen LogP contribution is 2.37. The first-order valence-electron chi connectivity index (χ1n) is 6.23. The van der Waals surface area contributed by atoms with Crippen LogP contribution in [0.2, 0.25) is 0 Å². The molecule has 0 aliphatic rings. The van der Waals surface area contributed by atoms with Crippen LogP contribution >= 0.6 is 43.2 Å². The second-order valence-corrected chi connectivity index (χ2v) is 7.40. The van der Waals surface area contributed by atoms with E-state index in [1.807, 2.05) is 10.9 Å². The van der Waals surface area contributed by atoms with E-state index in [0.717, 1.165) is 33.5 Å². The summed E-state index contributed by atoms with van der Waals surface area (Å²) in [5.74, 6) is 0. The van der Waals surface area contributed by atoms with Crippen molar-refractivity contribution in [2.24, 2.45) is 0 Å². The van der Waals surface area contributed by atoms with Crippen LogP contribution in [0.15, 0.2) is 20.5 Å². The summed E-state index contributed by atoms with van der Waals surface area (Å²) in [5, 5.41) is 11.7. The van der Waals surface area contributed by atoms with Gasteiger partial charge in [-0.05, 0) is 50.9 Å². The van der Waals surface area contributed by atoms with Crippen LogP contribution < -0.4 is 5.32 Å². The summed E-state index contributed by atoms with van der Waals surface area (Å²) >= 11 is 8.83. The number of nitrogens with one attached hydrogen (secondary N) is 1. The predicted molar refractivity (Wildman–Crippen MR) is 85.6 cm³/mol. The van der Waals surface area contributed by atoms with Crippen LogP contribution in [0.5, 0.6) is 0 Å². The van der Waals surface area contributed by atoms with E-state index in [9.17, 15) is 0 Å². The average molecular weight is 408 g/mol. The Morgan fingerprint density at radius 2 is 2.21 bits per heavy atom. The Labute approximate surface area is 133 Å². The summed E-state index contributed by atoms with van der Waals surface area (Å²) in [4.78, 5) is 1.25. The molecule has 0 amide bonds. The van der Waals surface area contributed by atoms with Gasteiger partial charge in [-0.15, -0.1) is 16.4 Å². The van der Waals surface area contributed by atoms with E-state index in [4.69, 9.17) is 0 Å². The van der Waals surface area contributed by atoms with E-state index in [1.54, 1.807) is 11.3 Å². The van der Waals surface area contributed by atoms with Gasteiger partial charge in [-0.25, -0.2) is 4.68 Å². The Hall–Kier alpha value is -0.240. The van der Waals surface area contributed by atoms with E-state index < -0.39 is 0 Å². The number of aromatic nitrogens is 3. The Bertz CT molecular complexity index is 518. The highest BCUT2D eigenvalue weighted by atomic mass is 79.9. The van der Waals surface area contributed by atoms with Gasteiger partial charge in [0.2, 0.25) is 0 Å². The van der Waals surface area contributed by atoms with Gasteiger partial charge < -0.3 is 5.32 Å². The number of rotatable bonds is 6. The summed E-state index contributed by atoms with van der Waals surface area (Å²) in [6.07, 6.45) is 2.90. The lowest BCUT2D eigenvalue weighted by Gasteiger charge is -2.17. The molecule has 2 aromatic rings. The molecule has 0 saturated carbocycles. The first-order chi connectivity index (χ1) is 9.17. The van der Waals surface area contributed by atoms with Crippen molar-refractivity contribution in [1.82, 2.24) is 20.3 Å². The molecule has 0 spiro atoms. The predicted octanol–water partition coefficient (Wildman–Crippen LogP) is 3.97. The third kappa shape index (κ3) is 3.45. The second kappa shape index (κ2) is 6.97. The van der Waals surface area contributed by atoms with Crippen molar-refractivity contribution in [3.63, 3.8) is 0 Å². The molecule has 0 saturated heterocycles. The molecule has 2 rings (SSSR count). The van der Waals surface area contributed by atoms with Gasteiger partial charge in [0.15, 0.2) is 0 Å². The van der Waals surface area contributed by atoms with Crippen LogP contribution in [0.4, 0.5) is 0 Å². The maximum atomic E-state index is 4.17. The molecule has 2 aromatic heterocycles. The van der Waals surface area contributed by atoms with Crippen LogP contribution in [0.1, 0.15) is 36.9 Å². The van der Waals surface area contributed by atoms with E-state index in [1.165, 1.54) is 4.88 Å². The third-order valence-electron chi connectivity index (χ3n) is 2.74. The smallest absolute Gasteiger partial charge is 0.0859 e. The summed E-state index contributed by atoms with van der Waals surface area (Å²) < 4.78 is 4.18. The van der Waals surface area contributed by atoms with Gasteiger partial charge >= 0.3 is 0 Å². The van der Waals surface area contributed by atoms with Crippen LogP contribution in [-0.4, -0.2) is 21.5 Å². The average Bonchev–Trinajstić information content (AvgIpc) is 2.95. The zero-order valence-corrected chi connectivity index (χ0v) is 14.8. The maximum absolute atomic E-state index is 4.17. The fourth-order valence-corrected chi connectivity index (χ4v) is 4.11. The van der Waals surface area contributed by atoms with Crippen molar-refractivity contribution in [2.75, 3.05) is 6.54 Å². The van der Waals surface area contributed by atoms with Gasteiger partial charge in [-0.2, -0.15) is 0 Å². The number of thiophene rings is 1. The van der Waals surface area contributed by atoms with Crippen LogP contribution in [0, 0.1) is 0 Å². The monoisotopic (exact) mass is 406 g/mol. The second-order valence-electron chi connectivity index (χ2n) is 4.14. The van der Waals surface area contributed by atoms with Crippen molar-refractivity contribution in [3.8, 4) is 0 Å². The Morgan fingerprint density at radius 1 is 1.42 bits per heavy atom. The number of nitrogens with zero attached hydrogens (tertiary/aromatic N) is 3. The molecule has 1 atom stereocenters. The lowest BCUT2D eigenvalue weighted by atomic mass is 10.1.